The number of allylic oxidation sites excluding steroid dienone is 2. The number of rotatable bonds is 0. The molecular weight excluding hydrogens is 308 g/mol. The van der Waals surface area contributed by atoms with Crippen molar-refractivity contribution in [2.24, 2.45) is 0 Å². The summed E-state index contributed by atoms with van der Waals surface area (Å²) in [5, 5.41) is 11.3. The standard InChI is InChI=1S/C22H20N2O/c1-15-11-16-13-24-10-6-4-8-20(24)21(25)22(16,2)19-12-17-7-3-5-9-23(17)14-18(15)19/h3-14,21,25H,1-2H3/q+2. The fraction of sp³-hybridized carbons (Fsp3) is 0.182. The Balaban J connectivity index is 1.86. The lowest BCUT2D eigenvalue weighted by molar-refractivity contribution is -0.587. The number of aromatic nitrogens is 2. The van der Waals surface area contributed by atoms with E-state index in [1.54, 1.807) is 0 Å². The van der Waals surface area contributed by atoms with Gasteiger partial charge >= 0.3 is 0 Å². The van der Waals surface area contributed by atoms with Crippen molar-refractivity contribution < 1.29 is 14.1 Å². The summed E-state index contributed by atoms with van der Waals surface area (Å²) in [4.78, 5) is 0. The Hall–Kier alpha value is -2.78. The highest BCUT2D eigenvalue weighted by atomic mass is 16.3. The third-order valence-corrected chi connectivity index (χ3v) is 5.76. The van der Waals surface area contributed by atoms with Crippen LogP contribution in [-0.2, 0) is 5.41 Å². The number of pyridine rings is 3. The van der Waals surface area contributed by atoms with Gasteiger partial charge in [0, 0.05) is 41.5 Å². The molecule has 0 fully saturated rings. The van der Waals surface area contributed by atoms with Crippen LogP contribution in [-0.4, -0.2) is 5.11 Å². The van der Waals surface area contributed by atoms with Crippen molar-refractivity contribution in [2.45, 2.75) is 25.4 Å². The predicted molar refractivity (Wildman–Crippen MR) is 96.5 cm³/mol. The molecule has 2 atom stereocenters. The van der Waals surface area contributed by atoms with Crippen molar-refractivity contribution >= 4 is 17.3 Å². The van der Waals surface area contributed by atoms with Gasteiger partial charge in [0.25, 0.3) is 0 Å². The Bertz CT molecular complexity index is 1100. The molecule has 3 aromatic rings. The van der Waals surface area contributed by atoms with Crippen LogP contribution in [0.5, 0.6) is 0 Å². The summed E-state index contributed by atoms with van der Waals surface area (Å²) >= 11 is 0. The van der Waals surface area contributed by atoms with Crippen LogP contribution in [0.15, 0.2) is 72.7 Å². The number of nitrogens with zero attached hydrogens (tertiary/aromatic N) is 2. The molecule has 1 aliphatic carbocycles. The molecule has 2 unspecified atom stereocenters. The van der Waals surface area contributed by atoms with Crippen molar-refractivity contribution in [3.8, 4) is 0 Å². The van der Waals surface area contributed by atoms with E-state index in [4.69, 9.17) is 0 Å². The van der Waals surface area contributed by atoms with Gasteiger partial charge in [0.2, 0.25) is 11.2 Å². The van der Waals surface area contributed by atoms with Gasteiger partial charge in [-0.15, -0.1) is 0 Å². The number of aliphatic hydroxyl groups is 1. The number of aliphatic hydroxyl groups excluding tert-OH is 1. The predicted octanol–water partition coefficient (Wildman–Crippen LogP) is 2.98. The molecule has 4 heterocycles. The summed E-state index contributed by atoms with van der Waals surface area (Å²) in [7, 11) is 0. The lowest BCUT2D eigenvalue weighted by atomic mass is 9.64. The SMILES string of the molecule is CC1=CC2=C[n+]3ccccc3C(O)C2(C)c2cc3cccc[n+]3cc21. The normalized spacial score (nSPS) is 24.0. The molecule has 2 aliphatic rings. The highest BCUT2D eigenvalue weighted by molar-refractivity contribution is 5.78. The van der Waals surface area contributed by atoms with Crippen LogP contribution in [0.3, 0.4) is 0 Å². The van der Waals surface area contributed by atoms with Gasteiger partial charge in [-0.1, -0.05) is 0 Å². The summed E-state index contributed by atoms with van der Waals surface area (Å²) in [6.45, 7) is 4.30. The first-order valence-electron chi connectivity index (χ1n) is 8.62. The number of hydrogen-bond acceptors (Lipinski definition) is 1. The largest absolute Gasteiger partial charge is 0.381 e. The Morgan fingerprint density at radius 3 is 2.76 bits per heavy atom. The van der Waals surface area contributed by atoms with Gasteiger partial charge in [0.15, 0.2) is 30.9 Å². The summed E-state index contributed by atoms with van der Waals surface area (Å²) in [5.74, 6) is 0. The first-order chi connectivity index (χ1) is 12.1. The Morgan fingerprint density at radius 2 is 1.88 bits per heavy atom. The minimum absolute atomic E-state index is 0.458. The van der Waals surface area contributed by atoms with E-state index >= 15 is 0 Å². The molecule has 5 rings (SSSR count). The van der Waals surface area contributed by atoms with Gasteiger partial charge in [-0.3, -0.25) is 0 Å². The lowest BCUT2D eigenvalue weighted by Gasteiger charge is -2.39. The minimum atomic E-state index is -0.594. The zero-order chi connectivity index (χ0) is 17.2. The molecule has 0 saturated heterocycles. The van der Waals surface area contributed by atoms with E-state index in [1.807, 2.05) is 35.0 Å². The molecule has 1 aliphatic heterocycles. The maximum atomic E-state index is 11.3. The highest BCUT2D eigenvalue weighted by Crippen LogP contribution is 2.50. The maximum absolute atomic E-state index is 11.3. The lowest BCUT2D eigenvalue weighted by Crippen LogP contribution is -2.48. The van der Waals surface area contributed by atoms with E-state index in [2.05, 4.69) is 61.1 Å². The second-order valence-electron chi connectivity index (χ2n) is 7.18. The molecule has 3 aromatic heterocycles. The topological polar surface area (TPSA) is 28.2 Å². The molecule has 0 amide bonds. The Morgan fingerprint density at radius 1 is 1.08 bits per heavy atom. The Labute approximate surface area is 146 Å². The zero-order valence-electron chi connectivity index (χ0n) is 14.3. The van der Waals surface area contributed by atoms with Crippen LogP contribution in [0.4, 0.5) is 0 Å². The molecule has 3 heteroatoms. The Kier molecular flexibility index (Phi) is 2.83. The summed E-state index contributed by atoms with van der Waals surface area (Å²) in [6.07, 6.45) is 10.0. The molecule has 122 valence electrons. The second kappa shape index (κ2) is 4.87. The first kappa shape index (κ1) is 14.6. The van der Waals surface area contributed by atoms with Crippen molar-refractivity contribution in [2.75, 3.05) is 0 Å². The first-order valence-corrected chi connectivity index (χ1v) is 8.62. The van der Waals surface area contributed by atoms with E-state index in [0.29, 0.717) is 0 Å². The minimum Gasteiger partial charge on any atom is -0.381 e. The molecule has 0 spiro atoms. The van der Waals surface area contributed by atoms with Gasteiger partial charge in [0.1, 0.15) is 0 Å². The molecule has 0 bridgehead atoms. The van der Waals surface area contributed by atoms with Gasteiger partial charge < -0.3 is 5.11 Å². The second-order valence-corrected chi connectivity index (χ2v) is 7.18. The van der Waals surface area contributed by atoms with E-state index < -0.39 is 11.5 Å². The van der Waals surface area contributed by atoms with E-state index in [0.717, 1.165) is 16.8 Å². The van der Waals surface area contributed by atoms with Crippen LogP contribution in [0, 0.1) is 0 Å². The average Bonchev–Trinajstić information content (AvgIpc) is 2.64. The fourth-order valence-corrected chi connectivity index (χ4v) is 4.24. The van der Waals surface area contributed by atoms with Crippen LogP contribution in [0.2, 0.25) is 0 Å². The van der Waals surface area contributed by atoms with E-state index in [1.165, 1.54) is 16.7 Å². The van der Waals surface area contributed by atoms with Crippen molar-refractivity contribution in [3.05, 3.63) is 89.5 Å². The van der Waals surface area contributed by atoms with Gasteiger partial charge in [0.05, 0.1) is 5.41 Å². The quantitative estimate of drug-likeness (QED) is 0.632. The van der Waals surface area contributed by atoms with Crippen LogP contribution < -0.4 is 8.97 Å². The molecule has 3 nitrogen and oxygen atoms in total. The zero-order valence-corrected chi connectivity index (χ0v) is 14.3. The van der Waals surface area contributed by atoms with Gasteiger partial charge in [-0.25, -0.2) is 0 Å². The summed E-state index contributed by atoms with van der Waals surface area (Å²) < 4.78 is 4.18. The van der Waals surface area contributed by atoms with Crippen molar-refractivity contribution in [1.29, 1.82) is 0 Å². The molecule has 0 saturated carbocycles. The maximum Gasteiger partial charge on any atom is 0.216 e. The molecule has 0 radical (unpaired) electrons. The van der Waals surface area contributed by atoms with Crippen molar-refractivity contribution in [3.63, 3.8) is 0 Å². The number of fused-ring (bicyclic) bond motifs is 5. The molecule has 25 heavy (non-hydrogen) atoms. The van der Waals surface area contributed by atoms with Crippen LogP contribution in [0.1, 0.15) is 36.8 Å². The van der Waals surface area contributed by atoms with Crippen LogP contribution in [0.25, 0.3) is 17.3 Å². The third kappa shape index (κ3) is 1.84. The molecular formula is C22H20N2O+2. The highest BCUT2D eigenvalue weighted by Gasteiger charge is 2.50. The monoisotopic (exact) mass is 328 g/mol. The fourth-order valence-electron chi connectivity index (χ4n) is 4.24. The van der Waals surface area contributed by atoms with Gasteiger partial charge in [-0.05, 0) is 43.2 Å². The van der Waals surface area contributed by atoms with E-state index in [-0.39, 0.29) is 0 Å². The van der Waals surface area contributed by atoms with Crippen LogP contribution >= 0.6 is 0 Å². The molecule has 1 N–H and O–H groups in total. The van der Waals surface area contributed by atoms with Crippen molar-refractivity contribution in [1.82, 2.24) is 0 Å². The summed E-state index contributed by atoms with van der Waals surface area (Å²) in [5.41, 5.74) is 6.36. The van der Waals surface area contributed by atoms with E-state index in [9.17, 15) is 5.11 Å². The van der Waals surface area contributed by atoms with Gasteiger partial charge in [-0.2, -0.15) is 8.97 Å². The third-order valence-electron chi connectivity index (χ3n) is 5.76. The average molecular weight is 328 g/mol. The molecule has 0 aromatic carbocycles. The smallest absolute Gasteiger partial charge is 0.216 e. The summed E-state index contributed by atoms with van der Waals surface area (Å²) in [6, 6.07) is 14.4. The number of hydrogen-bond donors (Lipinski definition) is 1.